The van der Waals surface area contributed by atoms with Gasteiger partial charge in [0.25, 0.3) is 0 Å². The molecule has 0 saturated carbocycles. The van der Waals surface area contributed by atoms with E-state index in [1.54, 1.807) is 0 Å². The van der Waals surface area contributed by atoms with Crippen LogP contribution < -0.4 is 4.74 Å². The van der Waals surface area contributed by atoms with Gasteiger partial charge in [-0.25, -0.2) is 4.98 Å². The molecule has 7 aromatic carbocycles. The van der Waals surface area contributed by atoms with Gasteiger partial charge >= 0.3 is 0 Å². The van der Waals surface area contributed by atoms with Gasteiger partial charge in [-0.1, -0.05) is 115 Å². The van der Waals surface area contributed by atoms with Gasteiger partial charge in [0.05, 0.1) is 28.1 Å². The van der Waals surface area contributed by atoms with Gasteiger partial charge < -0.3 is 4.74 Å². The number of para-hydroxylation sites is 4. The molecule has 0 bridgehead atoms. The average Bonchev–Trinajstić information content (AvgIpc) is 3.70. The molecular weight excluding hydrogens is 599 g/mol. The van der Waals surface area contributed by atoms with Crippen LogP contribution in [0.15, 0.2) is 164 Å². The van der Waals surface area contributed by atoms with E-state index in [0.717, 1.165) is 84.1 Å². The highest BCUT2D eigenvalue weighted by atomic mass is 16.5. The van der Waals surface area contributed by atoms with Crippen LogP contribution in [0.25, 0.3) is 50.4 Å². The van der Waals surface area contributed by atoms with Crippen LogP contribution in [0.5, 0.6) is 11.5 Å². The molecule has 0 radical (unpaired) electrons. The van der Waals surface area contributed by atoms with Gasteiger partial charge in [-0.05, 0) is 76.3 Å². The third-order valence-corrected chi connectivity index (χ3v) is 10.1. The van der Waals surface area contributed by atoms with Crippen LogP contribution >= 0.6 is 0 Å². The Balaban J connectivity index is 1.17. The lowest BCUT2D eigenvalue weighted by molar-refractivity contribution is 0.436. The summed E-state index contributed by atoms with van der Waals surface area (Å²) in [6.07, 6.45) is 0. The van der Waals surface area contributed by atoms with Crippen LogP contribution in [0.4, 0.5) is 0 Å². The van der Waals surface area contributed by atoms with Crippen molar-refractivity contribution in [2.45, 2.75) is 5.41 Å². The fourth-order valence-electron chi connectivity index (χ4n) is 8.09. The molecule has 1 aliphatic carbocycles. The van der Waals surface area contributed by atoms with Crippen molar-refractivity contribution < 1.29 is 4.74 Å². The molecule has 4 nitrogen and oxygen atoms in total. The molecule has 0 atom stereocenters. The molecule has 1 spiro atoms. The smallest absolute Gasteiger partial charge is 0.145 e. The minimum atomic E-state index is -0.640. The molecule has 8 aromatic rings. The summed E-state index contributed by atoms with van der Waals surface area (Å²) >= 11 is 0. The van der Waals surface area contributed by atoms with Crippen molar-refractivity contribution in [3.63, 3.8) is 0 Å². The minimum Gasteiger partial charge on any atom is -0.457 e. The lowest BCUT2D eigenvalue weighted by Gasteiger charge is -2.39. The highest BCUT2D eigenvalue weighted by molar-refractivity contribution is 5.93. The molecule has 2 heterocycles. The molecule has 228 valence electrons. The number of hydrogen-bond acceptors (Lipinski definition) is 3. The Morgan fingerprint density at radius 3 is 1.96 bits per heavy atom. The van der Waals surface area contributed by atoms with Crippen molar-refractivity contribution >= 4 is 11.0 Å². The zero-order valence-electron chi connectivity index (χ0n) is 26.3. The second-order valence-corrected chi connectivity index (χ2v) is 12.6. The summed E-state index contributed by atoms with van der Waals surface area (Å²) in [4.78, 5) is 5.03. The number of nitriles is 1. The summed E-state index contributed by atoms with van der Waals surface area (Å²) in [6, 6.07) is 59.3. The number of hydrogen-bond donors (Lipinski definition) is 0. The normalized spacial score (nSPS) is 13.2. The van der Waals surface area contributed by atoms with E-state index in [-0.39, 0.29) is 0 Å². The van der Waals surface area contributed by atoms with E-state index in [0.29, 0.717) is 5.56 Å². The Morgan fingerprint density at radius 2 is 1.20 bits per heavy atom. The van der Waals surface area contributed by atoms with Gasteiger partial charge in [0.2, 0.25) is 0 Å². The van der Waals surface area contributed by atoms with E-state index in [4.69, 9.17) is 9.72 Å². The summed E-state index contributed by atoms with van der Waals surface area (Å²) in [5.41, 5.74) is 12.9. The fourth-order valence-corrected chi connectivity index (χ4v) is 8.09. The molecule has 0 amide bonds. The van der Waals surface area contributed by atoms with Crippen LogP contribution in [0.2, 0.25) is 0 Å². The molecular formula is C45H27N3O. The highest BCUT2D eigenvalue weighted by Crippen LogP contribution is 2.62. The van der Waals surface area contributed by atoms with Crippen LogP contribution in [0, 0.1) is 11.3 Å². The Labute approximate surface area is 283 Å². The first-order chi connectivity index (χ1) is 24.3. The molecule has 0 N–H and O–H groups in total. The monoisotopic (exact) mass is 625 g/mol. The van der Waals surface area contributed by atoms with E-state index >= 15 is 0 Å². The number of benzene rings is 7. The third-order valence-electron chi connectivity index (χ3n) is 10.1. The molecule has 0 saturated heterocycles. The maximum Gasteiger partial charge on any atom is 0.145 e. The Bertz CT molecular complexity index is 2600. The zero-order chi connectivity index (χ0) is 32.5. The number of aromatic nitrogens is 2. The van der Waals surface area contributed by atoms with Gasteiger partial charge in [-0.3, -0.25) is 4.57 Å². The third kappa shape index (κ3) is 3.82. The first-order valence-electron chi connectivity index (χ1n) is 16.4. The van der Waals surface area contributed by atoms with Crippen LogP contribution in [0.1, 0.15) is 27.8 Å². The predicted octanol–water partition coefficient (Wildman–Crippen LogP) is 10.7. The topological polar surface area (TPSA) is 50.8 Å². The van der Waals surface area contributed by atoms with Crippen LogP contribution in [-0.2, 0) is 5.41 Å². The number of rotatable bonds is 3. The lowest BCUT2D eigenvalue weighted by Crippen LogP contribution is -2.32. The zero-order valence-corrected chi connectivity index (χ0v) is 26.3. The van der Waals surface area contributed by atoms with Gasteiger partial charge in [-0.2, -0.15) is 5.26 Å². The van der Waals surface area contributed by atoms with E-state index < -0.39 is 5.41 Å². The summed E-state index contributed by atoms with van der Waals surface area (Å²) in [5.74, 6) is 2.58. The molecule has 49 heavy (non-hydrogen) atoms. The maximum atomic E-state index is 10.3. The minimum absolute atomic E-state index is 0.640. The average molecular weight is 626 g/mol. The standard InChI is InChI=1S/C45H27N3O/c46-28-32-13-10-16-37-43(32)34-26-23-31(27-38(34)45(37)35-14-4-8-19-41(35)49-42-20-9-5-15-36(42)45)29-21-24-33(25-22-29)48-40-18-7-6-17-39(40)47-44(48)30-11-2-1-3-12-30/h1-27H. The van der Waals surface area contributed by atoms with Gasteiger partial charge in [-0.15, -0.1) is 0 Å². The summed E-state index contributed by atoms with van der Waals surface area (Å²) in [7, 11) is 0. The largest absolute Gasteiger partial charge is 0.457 e. The summed E-state index contributed by atoms with van der Waals surface area (Å²) in [6.45, 7) is 0. The molecule has 1 aliphatic heterocycles. The summed E-state index contributed by atoms with van der Waals surface area (Å²) < 4.78 is 8.75. The number of nitrogens with zero attached hydrogens (tertiary/aromatic N) is 3. The number of fused-ring (bicyclic) bond motifs is 10. The molecule has 10 rings (SSSR count). The number of imidazole rings is 1. The fraction of sp³-hybridized carbons (Fsp3) is 0.0222. The lowest BCUT2D eigenvalue weighted by atomic mass is 9.66. The van der Waals surface area contributed by atoms with E-state index in [9.17, 15) is 5.26 Å². The van der Waals surface area contributed by atoms with Crippen LogP contribution in [-0.4, -0.2) is 9.55 Å². The molecule has 1 aromatic heterocycles. The second-order valence-electron chi connectivity index (χ2n) is 12.6. The van der Waals surface area contributed by atoms with E-state index in [1.807, 2.05) is 48.5 Å². The van der Waals surface area contributed by atoms with Crippen molar-refractivity contribution in [3.8, 4) is 56.9 Å². The molecule has 0 unspecified atom stereocenters. The first-order valence-corrected chi connectivity index (χ1v) is 16.4. The second kappa shape index (κ2) is 10.4. The van der Waals surface area contributed by atoms with Crippen LogP contribution in [0.3, 0.4) is 0 Å². The van der Waals surface area contributed by atoms with Crippen molar-refractivity contribution in [1.82, 2.24) is 9.55 Å². The quantitative estimate of drug-likeness (QED) is 0.196. The molecule has 2 aliphatic rings. The van der Waals surface area contributed by atoms with E-state index in [2.05, 4.69) is 126 Å². The van der Waals surface area contributed by atoms with Crippen molar-refractivity contribution in [3.05, 3.63) is 192 Å². The Kier molecular flexibility index (Phi) is 5.82. The SMILES string of the molecule is N#Cc1cccc2c1-c1ccc(-c3ccc(-n4c(-c5ccccc5)nc5ccccc54)cc3)cc1C21c2ccccc2Oc2ccccc21. The van der Waals surface area contributed by atoms with Gasteiger partial charge in [0.1, 0.15) is 17.3 Å². The van der Waals surface area contributed by atoms with Gasteiger partial charge in [0.15, 0.2) is 0 Å². The predicted molar refractivity (Wildman–Crippen MR) is 194 cm³/mol. The van der Waals surface area contributed by atoms with Crippen molar-refractivity contribution in [1.29, 1.82) is 5.26 Å². The van der Waals surface area contributed by atoms with Crippen molar-refractivity contribution in [2.24, 2.45) is 0 Å². The highest BCUT2D eigenvalue weighted by Gasteiger charge is 2.51. The van der Waals surface area contributed by atoms with Gasteiger partial charge in [0, 0.05) is 27.9 Å². The molecule has 0 fully saturated rings. The Hall–Kier alpha value is -6.70. The summed E-state index contributed by atoms with van der Waals surface area (Å²) in [5, 5.41) is 10.3. The Morgan fingerprint density at radius 1 is 0.551 bits per heavy atom. The van der Waals surface area contributed by atoms with E-state index in [1.165, 1.54) is 0 Å². The number of ether oxygens (including phenoxy) is 1. The molecule has 4 heteroatoms. The maximum absolute atomic E-state index is 10.3. The van der Waals surface area contributed by atoms with Crippen molar-refractivity contribution in [2.75, 3.05) is 0 Å². The first kappa shape index (κ1) is 27.4.